The van der Waals surface area contributed by atoms with Gasteiger partial charge in [-0.15, -0.1) is 0 Å². The number of thiazole rings is 1. The Kier molecular flexibility index (Phi) is 3.35. The maximum absolute atomic E-state index is 11.2. The van der Waals surface area contributed by atoms with E-state index in [1.807, 2.05) is 21.7 Å². The number of hydrogen-bond acceptors (Lipinski definition) is 4. The lowest BCUT2D eigenvalue weighted by Crippen LogP contribution is -2.06. The van der Waals surface area contributed by atoms with E-state index in [2.05, 4.69) is 22.0 Å². The van der Waals surface area contributed by atoms with E-state index >= 15 is 0 Å². The normalized spacial score (nSPS) is 11.5. The Morgan fingerprint density at radius 3 is 2.90 bits per heavy atom. The number of aryl methyl sites for hydroxylation is 2. The van der Waals surface area contributed by atoms with Crippen molar-refractivity contribution >= 4 is 34.7 Å². The number of rotatable bonds is 4. The SMILES string of the molecule is CCCc1nn(C)c2c1[nH]c(=S)n2Cc1csc(=O)[nH]1. The summed E-state index contributed by atoms with van der Waals surface area (Å²) in [4.78, 5) is 17.2. The first-order valence-corrected chi connectivity index (χ1v) is 7.70. The van der Waals surface area contributed by atoms with Crippen molar-refractivity contribution in [3.63, 3.8) is 0 Å². The van der Waals surface area contributed by atoms with Gasteiger partial charge in [-0.3, -0.25) is 14.0 Å². The lowest BCUT2D eigenvalue weighted by atomic mass is 10.2. The molecule has 0 saturated carbocycles. The van der Waals surface area contributed by atoms with Crippen LogP contribution < -0.4 is 4.87 Å². The zero-order chi connectivity index (χ0) is 14.3. The van der Waals surface area contributed by atoms with Crippen molar-refractivity contribution in [1.82, 2.24) is 24.3 Å². The summed E-state index contributed by atoms with van der Waals surface area (Å²) in [6.07, 6.45) is 1.96. The standard InChI is InChI=1S/C12H15N5OS2/c1-3-4-8-9-10(16(2)15-8)17(11(19)14-9)5-7-6-20-12(18)13-7/h6H,3-5H2,1-2H3,(H,13,18)(H,14,19). The van der Waals surface area contributed by atoms with Gasteiger partial charge in [0.1, 0.15) is 5.52 Å². The van der Waals surface area contributed by atoms with Gasteiger partial charge in [0.15, 0.2) is 10.4 Å². The Morgan fingerprint density at radius 2 is 2.25 bits per heavy atom. The van der Waals surface area contributed by atoms with Crippen LogP contribution in [0.4, 0.5) is 0 Å². The molecule has 0 aromatic carbocycles. The average molecular weight is 309 g/mol. The fraction of sp³-hybridized carbons (Fsp3) is 0.417. The summed E-state index contributed by atoms with van der Waals surface area (Å²) >= 11 is 6.56. The van der Waals surface area contributed by atoms with E-state index < -0.39 is 0 Å². The first kappa shape index (κ1) is 13.3. The zero-order valence-corrected chi connectivity index (χ0v) is 12.9. The van der Waals surface area contributed by atoms with Crippen LogP contribution in [0.15, 0.2) is 10.2 Å². The Bertz CT molecular complexity index is 863. The molecule has 0 fully saturated rings. The molecule has 8 heteroatoms. The van der Waals surface area contributed by atoms with Crippen molar-refractivity contribution in [2.24, 2.45) is 7.05 Å². The van der Waals surface area contributed by atoms with Gasteiger partial charge in [0, 0.05) is 18.1 Å². The summed E-state index contributed by atoms with van der Waals surface area (Å²) in [6.45, 7) is 2.67. The first-order chi connectivity index (χ1) is 9.60. The Labute approximate surface area is 124 Å². The summed E-state index contributed by atoms with van der Waals surface area (Å²) in [5.41, 5.74) is 3.85. The Morgan fingerprint density at radius 1 is 1.45 bits per heavy atom. The molecule has 3 heterocycles. The van der Waals surface area contributed by atoms with Crippen LogP contribution in [-0.2, 0) is 20.0 Å². The van der Waals surface area contributed by atoms with Crippen molar-refractivity contribution in [3.8, 4) is 0 Å². The van der Waals surface area contributed by atoms with Gasteiger partial charge in [-0.2, -0.15) is 5.10 Å². The van der Waals surface area contributed by atoms with Gasteiger partial charge in [-0.1, -0.05) is 24.7 Å². The monoisotopic (exact) mass is 309 g/mol. The minimum Gasteiger partial charge on any atom is -0.328 e. The third-order valence-corrected chi connectivity index (χ3v) is 4.25. The smallest absolute Gasteiger partial charge is 0.304 e. The Balaban J connectivity index is 2.13. The molecule has 0 radical (unpaired) electrons. The highest BCUT2D eigenvalue weighted by Crippen LogP contribution is 2.19. The number of aromatic nitrogens is 5. The number of imidazole rings is 1. The van der Waals surface area contributed by atoms with Crippen LogP contribution in [0, 0.1) is 4.77 Å². The number of nitrogens with zero attached hydrogens (tertiary/aromatic N) is 3. The molecular weight excluding hydrogens is 294 g/mol. The van der Waals surface area contributed by atoms with Crippen LogP contribution in [0.5, 0.6) is 0 Å². The first-order valence-electron chi connectivity index (χ1n) is 6.41. The number of nitrogens with one attached hydrogen (secondary N) is 2. The van der Waals surface area contributed by atoms with Gasteiger partial charge in [0.2, 0.25) is 0 Å². The van der Waals surface area contributed by atoms with Gasteiger partial charge >= 0.3 is 4.87 Å². The molecule has 6 nitrogen and oxygen atoms in total. The molecule has 0 saturated heterocycles. The summed E-state index contributed by atoms with van der Waals surface area (Å²) in [7, 11) is 1.91. The van der Waals surface area contributed by atoms with Crippen molar-refractivity contribution in [2.45, 2.75) is 26.3 Å². The molecular formula is C12H15N5OS2. The van der Waals surface area contributed by atoms with Crippen LogP contribution >= 0.6 is 23.6 Å². The topological polar surface area (TPSA) is 71.4 Å². The van der Waals surface area contributed by atoms with E-state index in [0.717, 1.165) is 46.7 Å². The van der Waals surface area contributed by atoms with E-state index in [1.165, 1.54) is 0 Å². The van der Waals surface area contributed by atoms with Gasteiger partial charge in [-0.25, -0.2) is 0 Å². The predicted molar refractivity (Wildman–Crippen MR) is 81.9 cm³/mol. The van der Waals surface area contributed by atoms with Crippen LogP contribution in [0.25, 0.3) is 11.2 Å². The fourth-order valence-corrected chi connectivity index (χ4v) is 3.22. The number of aromatic amines is 2. The van der Waals surface area contributed by atoms with Gasteiger partial charge < -0.3 is 9.97 Å². The lowest BCUT2D eigenvalue weighted by Gasteiger charge is -2.02. The van der Waals surface area contributed by atoms with Gasteiger partial charge in [-0.05, 0) is 18.6 Å². The Hall–Kier alpha value is -1.67. The maximum Gasteiger partial charge on any atom is 0.304 e. The maximum atomic E-state index is 11.2. The molecule has 3 aromatic heterocycles. The molecule has 0 amide bonds. The number of fused-ring (bicyclic) bond motifs is 1. The highest BCUT2D eigenvalue weighted by Gasteiger charge is 2.15. The van der Waals surface area contributed by atoms with Crippen molar-refractivity contribution in [1.29, 1.82) is 0 Å². The molecule has 106 valence electrons. The minimum atomic E-state index is -0.0463. The second-order valence-electron chi connectivity index (χ2n) is 4.71. The fourth-order valence-electron chi connectivity index (χ4n) is 2.40. The van der Waals surface area contributed by atoms with E-state index in [1.54, 1.807) is 0 Å². The van der Waals surface area contributed by atoms with Crippen LogP contribution in [0.2, 0.25) is 0 Å². The predicted octanol–water partition coefficient (Wildman–Crippen LogP) is 2.18. The van der Waals surface area contributed by atoms with Crippen molar-refractivity contribution < 1.29 is 0 Å². The molecule has 3 aromatic rings. The molecule has 20 heavy (non-hydrogen) atoms. The highest BCUT2D eigenvalue weighted by atomic mass is 32.1. The number of H-pyrrole nitrogens is 2. The van der Waals surface area contributed by atoms with Gasteiger partial charge in [0.25, 0.3) is 0 Å². The third-order valence-electron chi connectivity index (χ3n) is 3.21. The molecule has 0 unspecified atom stereocenters. The van der Waals surface area contributed by atoms with Gasteiger partial charge in [0.05, 0.1) is 12.2 Å². The summed E-state index contributed by atoms with van der Waals surface area (Å²) in [5.74, 6) is 0. The van der Waals surface area contributed by atoms with E-state index in [4.69, 9.17) is 12.2 Å². The van der Waals surface area contributed by atoms with Crippen LogP contribution in [0.1, 0.15) is 24.7 Å². The average Bonchev–Trinajstić information content (AvgIpc) is 3.02. The molecule has 0 aliphatic carbocycles. The van der Waals surface area contributed by atoms with Crippen molar-refractivity contribution in [2.75, 3.05) is 0 Å². The molecule has 0 spiro atoms. The minimum absolute atomic E-state index is 0.0463. The molecule has 0 bridgehead atoms. The summed E-state index contributed by atoms with van der Waals surface area (Å²) in [5, 5.41) is 6.36. The molecule has 0 atom stereocenters. The molecule has 0 aliphatic heterocycles. The quantitative estimate of drug-likeness (QED) is 0.726. The molecule has 0 aliphatic rings. The van der Waals surface area contributed by atoms with Crippen LogP contribution in [-0.4, -0.2) is 24.3 Å². The van der Waals surface area contributed by atoms with Crippen LogP contribution in [0.3, 0.4) is 0 Å². The molecule has 3 rings (SSSR count). The summed E-state index contributed by atoms with van der Waals surface area (Å²) in [6, 6.07) is 0. The zero-order valence-electron chi connectivity index (χ0n) is 11.3. The van der Waals surface area contributed by atoms with E-state index in [-0.39, 0.29) is 4.87 Å². The van der Waals surface area contributed by atoms with E-state index in [0.29, 0.717) is 11.3 Å². The highest BCUT2D eigenvalue weighted by molar-refractivity contribution is 7.71. The second-order valence-corrected chi connectivity index (χ2v) is 5.94. The number of hydrogen-bond donors (Lipinski definition) is 2. The second kappa shape index (κ2) is 5.02. The van der Waals surface area contributed by atoms with Crippen molar-refractivity contribution in [3.05, 3.63) is 31.2 Å². The van der Waals surface area contributed by atoms with E-state index in [9.17, 15) is 4.79 Å². The largest absolute Gasteiger partial charge is 0.328 e. The molecule has 2 N–H and O–H groups in total. The summed E-state index contributed by atoms with van der Waals surface area (Å²) < 4.78 is 4.46. The lowest BCUT2D eigenvalue weighted by molar-refractivity contribution is 0.698. The third kappa shape index (κ3) is 2.14.